The molecule has 2 heterocycles. The molecule has 0 spiro atoms. The topological polar surface area (TPSA) is 51.2 Å². The molecule has 1 atom stereocenters. The van der Waals surface area contributed by atoms with Gasteiger partial charge in [-0.1, -0.05) is 24.3 Å². The molecule has 0 N–H and O–H groups in total. The number of carbonyl (C=O) groups is 1. The summed E-state index contributed by atoms with van der Waals surface area (Å²) in [4.78, 5) is 16.9. The van der Waals surface area contributed by atoms with Crippen molar-refractivity contribution >= 4 is 5.91 Å². The fourth-order valence-electron chi connectivity index (χ4n) is 3.43. The SMILES string of the molecule is CC(Oc1ccccc1)C(=O)N1CCN(Cc2ccc3c(c2)OCO3)CC1. The van der Waals surface area contributed by atoms with E-state index in [2.05, 4.69) is 11.0 Å². The first kappa shape index (κ1) is 17.7. The Bertz CT molecular complexity index is 788. The van der Waals surface area contributed by atoms with Crippen molar-refractivity contribution in [2.24, 2.45) is 0 Å². The molecule has 6 nitrogen and oxygen atoms in total. The molecule has 0 saturated carbocycles. The number of hydrogen-bond donors (Lipinski definition) is 0. The Balaban J connectivity index is 1.27. The minimum Gasteiger partial charge on any atom is -0.481 e. The molecule has 142 valence electrons. The van der Waals surface area contributed by atoms with Crippen molar-refractivity contribution in [1.29, 1.82) is 0 Å². The fraction of sp³-hybridized carbons (Fsp3) is 0.381. The number of benzene rings is 2. The number of ether oxygens (including phenoxy) is 3. The van der Waals surface area contributed by atoms with E-state index in [4.69, 9.17) is 14.2 Å². The van der Waals surface area contributed by atoms with Crippen LogP contribution in [0.1, 0.15) is 12.5 Å². The highest BCUT2D eigenvalue weighted by Crippen LogP contribution is 2.32. The Hall–Kier alpha value is -2.73. The predicted octanol–water partition coefficient (Wildman–Crippen LogP) is 2.53. The Kier molecular flexibility index (Phi) is 5.16. The molecule has 0 bridgehead atoms. The van der Waals surface area contributed by atoms with Gasteiger partial charge >= 0.3 is 0 Å². The lowest BCUT2D eigenvalue weighted by atomic mass is 10.1. The third-order valence-electron chi connectivity index (χ3n) is 4.93. The maximum absolute atomic E-state index is 12.6. The van der Waals surface area contributed by atoms with Crippen molar-refractivity contribution in [1.82, 2.24) is 9.80 Å². The summed E-state index contributed by atoms with van der Waals surface area (Å²) in [6.45, 7) is 6.07. The van der Waals surface area contributed by atoms with E-state index < -0.39 is 6.10 Å². The number of fused-ring (bicyclic) bond motifs is 1. The van der Waals surface area contributed by atoms with Crippen molar-refractivity contribution in [2.45, 2.75) is 19.6 Å². The number of carbonyl (C=O) groups excluding carboxylic acids is 1. The molecule has 2 aromatic carbocycles. The third kappa shape index (κ3) is 4.17. The van der Waals surface area contributed by atoms with Gasteiger partial charge in [0.2, 0.25) is 6.79 Å². The van der Waals surface area contributed by atoms with Gasteiger partial charge in [-0.15, -0.1) is 0 Å². The molecule has 1 unspecified atom stereocenters. The van der Waals surface area contributed by atoms with Gasteiger partial charge < -0.3 is 19.1 Å². The number of nitrogens with zero attached hydrogens (tertiary/aromatic N) is 2. The van der Waals surface area contributed by atoms with Crippen LogP contribution in [-0.4, -0.2) is 54.8 Å². The van der Waals surface area contributed by atoms with Crippen LogP contribution in [-0.2, 0) is 11.3 Å². The summed E-state index contributed by atoms with van der Waals surface area (Å²) in [5, 5.41) is 0. The van der Waals surface area contributed by atoms with E-state index in [1.165, 1.54) is 5.56 Å². The zero-order valence-electron chi connectivity index (χ0n) is 15.5. The van der Waals surface area contributed by atoms with Crippen LogP contribution < -0.4 is 14.2 Å². The zero-order valence-corrected chi connectivity index (χ0v) is 15.5. The van der Waals surface area contributed by atoms with Gasteiger partial charge in [0.15, 0.2) is 17.6 Å². The van der Waals surface area contributed by atoms with Crippen LogP contribution in [0.25, 0.3) is 0 Å². The first-order valence-corrected chi connectivity index (χ1v) is 9.30. The standard InChI is InChI=1S/C21H24N2O4/c1-16(27-18-5-3-2-4-6-18)21(24)23-11-9-22(10-12-23)14-17-7-8-19-20(13-17)26-15-25-19/h2-8,13,16H,9-12,14-15H2,1H3. The number of rotatable bonds is 5. The molecular formula is C21H24N2O4. The summed E-state index contributed by atoms with van der Waals surface area (Å²) in [7, 11) is 0. The minimum absolute atomic E-state index is 0.0431. The molecule has 4 rings (SSSR count). The van der Waals surface area contributed by atoms with Crippen LogP contribution in [0.2, 0.25) is 0 Å². The van der Waals surface area contributed by atoms with Crippen LogP contribution in [0.3, 0.4) is 0 Å². The van der Waals surface area contributed by atoms with Crippen molar-refractivity contribution < 1.29 is 19.0 Å². The van der Waals surface area contributed by atoms with E-state index in [0.717, 1.165) is 36.9 Å². The molecule has 2 aliphatic rings. The molecule has 2 aromatic rings. The van der Waals surface area contributed by atoms with Gasteiger partial charge in [-0.25, -0.2) is 0 Å². The first-order chi connectivity index (χ1) is 13.2. The van der Waals surface area contributed by atoms with E-state index in [1.807, 2.05) is 54.3 Å². The summed E-state index contributed by atoms with van der Waals surface area (Å²) in [6, 6.07) is 15.5. The van der Waals surface area contributed by atoms with Crippen molar-refractivity contribution in [3.05, 3.63) is 54.1 Å². The van der Waals surface area contributed by atoms with E-state index in [-0.39, 0.29) is 5.91 Å². The van der Waals surface area contributed by atoms with Gasteiger partial charge in [-0.05, 0) is 36.8 Å². The summed E-state index contributed by atoms with van der Waals surface area (Å²) in [6.07, 6.45) is -0.479. The van der Waals surface area contributed by atoms with Gasteiger partial charge in [0.1, 0.15) is 5.75 Å². The summed E-state index contributed by atoms with van der Waals surface area (Å²) in [5.74, 6) is 2.39. The van der Waals surface area contributed by atoms with Gasteiger partial charge in [0.05, 0.1) is 0 Å². The van der Waals surface area contributed by atoms with Crippen LogP contribution in [0.5, 0.6) is 17.2 Å². The number of piperazine rings is 1. The van der Waals surface area contributed by atoms with E-state index >= 15 is 0 Å². The second-order valence-electron chi connectivity index (χ2n) is 6.86. The van der Waals surface area contributed by atoms with Crippen LogP contribution in [0.15, 0.2) is 48.5 Å². The smallest absolute Gasteiger partial charge is 0.263 e. The summed E-state index contributed by atoms with van der Waals surface area (Å²) >= 11 is 0. The van der Waals surface area contributed by atoms with E-state index in [0.29, 0.717) is 19.9 Å². The fourth-order valence-corrected chi connectivity index (χ4v) is 3.43. The number of para-hydroxylation sites is 1. The highest BCUT2D eigenvalue weighted by molar-refractivity contribution is 5.81. The van der Waals surface area contributed by atoms with Crippen LogP contribution >= 0.6 is 0 Å². The van der Waals surface area contributed by atoms with Crippen molar-refractivity contribution in [3.8, 4) is 17.2 Å². The molecule has 6 heteroatoms. The normalized spacial score (nSPS) is 17.6. The average Bonchev–Trinajstić information content (AvgIpc) is 3.16. The van der Waals surface area contributed by atoms with Crippen molar-refractivity contribution in [2.75, 3.05) is 33.0 Å². The quantitative estimate of drug-likeness (QED) is 0.812. The summed E-state index contributed by atoms with van der Waals surface area (Å²) in [5.41, 5.74) is 1.19. The lowest BCUT2D eigenvalue weighted by Gasteiger charge is -2.35. The number of hydrogen-bond acceptors (Lipinski definition) is 5. The van der Waals surface area contributed by atoms with E-state index in [1.54, 1.807) is 0 Å². The van der Waals surface area contributed by atoms with Gasteiger partial charge in [0.25, 0.3) is 5.91 Å². The van der Waals surface area contributed by atoms with Gasteiger partial charge in [-0.3, -0.25) is 9.69 Å². The predicted molar refractivity (Wildman–Crippen MR) is 101 cm³/mol. The summed E-state index contributed by atoms with van der Waals surface area (Å²) < 4.78 is 16.6. The highest BCUT2D eigenvalue weighted by atomic mass is 16.7. The average molecular weight is 368 g/mol. The lowest BCUT2D eigenvalue weighted by Crippen LogP contribution is -2.51. The van der Waals surface area contributed by atoms with E-state index in [9.17, 15) is 4.79 Å². The maximum Gasteiger partial charge on any atom is 0.263 e. The molecule has 2 aliphatic heterocycles. The second-order valence-corrected chi connectivity index (χ2v) is 6.86. The maximum atomic E-state index is 12.6. The van der Waals surface area contributed by atoms with Crippen LogP contribution in [0, 0.1) is 0 Å². The monoisotopic (exact) mass is 368 g/mol. The van der Waals surface area contributed by atoms with Crippen molar-refractivity contribution in [3.63, 3.8) is 0 Å². The lowest BCUT2D eigenvalue weighted by molar-refractivity contribution is -0.139. The molecule has 0 aliphatic carbocycles. The molecule has 1 fully saturated rings. The second kappa shape index (κ2) is 7.88. The highest BCUT2D eigenvalue weighted by Gasteiger charge is 2.26. The van der Waals surface area contributed by atoms with Crippen LogP contribution in [0.4, 0.5) is 0 Å². The molecular weight excluding hydrogens is 344 g/mol. The number of amides is 1. The zero-order chi connectivity index (χ0) is 18.6. The largest absolute Gasteiger partial charge is 0.481 e. The Morgan fingerprint density at radius 1 is 1.04 bits per heavy atom. The Morgan fingerprint density at radius 3 is 2.56 bits per heavy atom. The first-order valence-electron chi connectivity index (χ1n) is 9.30. The molecule has 1 amide bonds. The minimum atomic E-state index is -0.479. The Labute approximate surface area is 159 Å². The Morgan fingerprint density at radius 2 is 1.78 bits per heavy atom. The molecule has 0 aromatic heterocycles. The van der Waals surface area contributed by atoms with Gasteiger partial charge in [-0.2, -0.15) is 0 Å². The third-order valence-corrected chi connectivity index (χ3v) is 4.93. The van der Waals surface area contributed by atoms with Gasteiger partial charge in [0, 0.05) is 32.7 Å². The molecule has 27 heavy (non-hydrogen) atoms. The molecule has 1 saturated heterocycles. The molecule has 0 radical (unpaired) electrons.